The number of benzene rings is 2. The number of hydrogen-bond donors (Lipinski definition) is 0. The summed E-state index contributed by atoms with van der Waals surface area (Å²) in [5, 5.41) is 0. The molecule has 0 aliphatic heterocycles. The molecule has 5 heteroatoms. The van der Waals surface area contributed by atoms with Crippen LogP contribution in [0.5, 0.6) is 5.75 Å². The van der Waals surface area contributed by atoms with Crippen LogP contribution < -0.4 is 9.54 Å². The Kier molecular flexibility index (Phi) is 5.38. The Morgan fingerprint density at radius 3 is 2.31 bits per heavy atom. The van der Waals surface area contributed by atoms with Crippen molar-refractivity contribution in [2.75, 3.05) is 7.11 Å². The first kappa shape index (κ1) is 18.1. The fourth-order valence-electron chi connectivity index (χ4n) is 2.86. The zero-order chi connectivity index (χ0) is 18.7. The van der Waals surface area contributed by atoms with E-state index >= 15 is 0 Å². The quantitative estimate of drug-likeness (QED) is 0.677. The van der Waals surface area contributed by atoms with E-state index in [1.54, 1.807) is 42.7 Å². The molecule has 0 fully saturated rings. The van der Waals surface area contributed by atoms with Gasteiger partial charge in [0.15, 0.2) is 4.80 Å². The molecule has 26 heavy (non-hydrogen) atoms. The minimum absolute atomic E-state index is 0.244. The largest absolute Gasteiger partial charge is 0.497 e. The van der Waals surface area contributed by atoms with E-state index in [4.69, 9.17) is 4.74 Å². The monoisotopic (exact) mass is 366 g/mol. The summed E-state index contributed by atoms with van der Waals surface area (Å²) in [6, 6.07) is 15.5. The molecule has 0 aliphatic carbocycles. The first-order valence-electron chi connectivity index (χ1n) is 8.54. The number of rotatable bonds is 4. The van der Waals surface area contributed by atoms with E-state index in [9.17, 15) is 4.79 Å². The van der Waals surface area contributed by atoms with Gasteiger partial charge >= 0.3 is 0 Å². The zero-order valence-corrected chi connectivity index (χ0v) is 16.3. The second-order valence-electron chi connectivity index (χ2n) is 6.05. The minimum Gasteiger partial charge on any atom is -0.497 e. The molecule has 0 unspecified atom stereocenters. The van der Waals surface area contributed by atoms with E-state index in [1.807, 2.05) is 0 Å². The maximum absolute atomic E-state index is 12.6. The average molecular weight is 366 g/mol. The topological polar surface area (TPSA) is 43.6 Å². The molecule has 2 aromatic carbocycles. The fraction of sp³-hybridized carbons (Fsp3) is 0.238. The number of hydrogen-bond acceptors (Lipinski definition) is 3. The van der Waals surface area contributed by atoms with E-state index in [2.05, 4.69) is 54.6 Å². The summed E-state index contributed by atoms with van der Waals surface area (Å²) >= 11 is 1.55. The van der Waals surface area contributed by atoms with Gasteiger partial charge in [-0.05, 0) is 50.6 Å². The van der Waals surface area contributed by atoms with Gasteiger partial charge in [-0.25, -0.2) is 0 Å². The lowest BCUT2D eigenvalue weighted by atomic mass is 10.1. The predicted octanol–water partition coefficient (Wildman–Crippen LogP) is 4.60. The van der Waals surface area contributed by atoms with Gasteiger partial charge in [0.2, 0.25) is 0 Å². The SMILES string of the molecule is CCn1c(-c2ccc(C)cc2)c(C)sc1=NC(=O)c1ccc(OC)cc1. The summed E-state index contributed by atoms with van der Waals surface area (Å²) in [7, 11) is 1.60. The zero-order valence-electron chi connectivity index (χ0n) is 15.4. The lowest BCUT2D eigenvalue weighted by Gasteiger charge is -2.08. The van der Waals surface area contributed by atoms with Gasteiger partial charge in [0, 0.05) is 17.0 Å². The molecule has 0 N–H and O–H groups in total. The van der Waals surface area contributed by atoms with Crippen molar-refractivity contribution in [2.24, 2.45) is 4.99 Å². The molecular formula is C21H22N2O2S. The third-order valence-corrected chi connectivity index (χ3v) is 5.25. The van der Waals surface area contributed by atoms with Crippen molar-refractivity contribution in [1.82, 2.24) is 4.57 Å². The summed E-state index contributed by atoms with van der Waals surface area (Å²) in [5.41, 5.74) is 4.05. The number of thiazole rings is 1. The number of carbonyl (C=O) groups is 1. The Bertz CT molecular complexity index is 980. The Balaban J connectivity index is 2.04. The first-order chi connectivity index (χ1) is 12.5. The lowest BCUT2D eigenvalue weighted by Crippen LogP contribution is -2.17. The van der Waals surface area contributed by atoms with Crippen LogP contribution in [0.15, 0.2) is 53.5 Å². The standard InChI is InChI=1S/C21H22N2O2S/c1-5-23-19(16-8-6-14(2)7-9-16)15(3)26-21(23)22-20(24)17-10-12-18(25-4)13-11-17/h6-13H,5H2,1-4H3. The van der Waals surface area contributed by atoms with E-state index < -0.39 is 0 Å². The molecular weight excluding hydrogens is 344 g/mol. The molecule has 0 bridgehead atoms. The van der Waals surface area contributed by atoms with Gasteiger partial charge in [-0.2, -0.15) is 4.99 Å². The smallest absolute Gasteiger partial charge is 0.279 e. The van der Waals surface area contributed by atoms with Crippen molar-refractivity contribution < 1.29 is 9.53 Å². The van der Waals surface area contributed by atoms with Crippen molar-refractivity contribution >= 4 is 17.2 Å². The molecule has 4 nitrogen and oxygen atoms in total. The molecule has 0 aliphatic rings. The van der Waals surface area contributed by atoms with Crippen LogP contribution >= 0.6 is 11.3 Å². The molecule has 3 rings (SSSR count). The van der Waals surface area contributed by atoms with Crippen molar-refractivity contribution in [3.05, 3.63) is 69.3 Å². The predicted molar refractivity (Wildman–Crippen MR) is 106 cm³/mol. The fourth-order valence-corrected chi connectivity index (χ4v) is 3.92. The summed E-state index contributed by atoms with van der Waals surface area (Å²) < 4.78 is 7.24. The summed E-state index contributed by atoms with van der Waals surface area (Å²) in [5.74, 6) is 0.477. The number of carbonyl (C=O) groups excluding carboxylic acids is 1. The molecule has 3 aromatic rings. The summed E-state index contributed by atoms with van der Waals surface area (Å²) in [4.78, 5) is 18.8. The highest BCUT2D eigenvalue weighted by Crippen LogP contribution is 2.25. The van der Waals surface area contributed by atoms with Crippen LogP contribution in [0.3, 0.4) is 0 Å². The number of ether oxygens (including phenoxy) is 1. The van der Waals surface area contributed by atoms with Crippen LogP contribution in [0.2, 0.25) is 0 Å². The maximum atomic E-state index is 12.6. The van der Waals surface area contributed by atoms with Gasteiger partial charge < -0.3 is 9.30 Å². The highest BCUT2D eigenvalue weighted by molar-refractivity contribution is 7.09. The number of methoxy groups -OCH3 is 1. The van der Waals surface area contributed by atoms with Gasteiger partial charge in [-0.15, -0.1) is 11.3 Å². The van der Waals surface area contributed by atoms with E-state index in [0.717, 1.165) is 33.2 Å². The summed E-state index contributed by atoms with van der Waals surface area (Å²) in [6.45, 7) is 6.97. The van der Waals surface area contributed by atoms with Gasteiger partial charge in [0.05, 0.1) is 12.8 Å². The molecule has 1 amide bonds. The molecule has 0 spiro atoms. The van der Waals surface area contributed by atoms with E-state index in [0.29, 0.717) is 5.56 Å². The van der Waals surface area contributed by atoms with Crippen molar-refractivity contribution in [2.45, 2.75) is 27.3 Å². The van der Waals surface area contributed by atoms with Crippen LogP contribution in [0.25, 0.3) is 11.3 Å². The lowest BCUT2D eigenvalue weighted by molar-refractivity contribution is 0.0998. The molecule has 134 valence electrons. The van der Waals surface area contributed by atoms with Gasteiger partial charge in [-0.3, -0.25) is 4.79 Å². The Morgan fingerprint density at radius 2 is 1.73 bits per heavy atom. The minimum atomic E-state index is -0.244. The molecule has 0 radical (unpaired) electrons. The first-order valence-corrected chi connectivity index (χ1v) is 9.35. The Morgan fingerprint density at radius 1 is 1.08 bits per heavy atom. The molecule has 0 saturated carbocycles. The van der Waals surface area contributed by atoms with Gasteiger partial charge in [-0.1, -0.05) is 29.8 Å². The highest BCUT2D eigenvalue weighted by Gasteiger charge is 2.13. The van der Waals surface area contributed by atoms with E-state index in [1.165, 1.54) is 5.56 Å². The maximum Gasteiger partial charge on any atom is 0.279 e. The third kappa shape index (κ3) is 3.63. The Labute approximate surface area is 157 Å². The molecule has 0 saturated heterocycles. The normalized spacial score (nSPS) is 11.6. The second-order valence-corrected chi connectivity index (χ2v) is 7.23. The van der Waals surface area contributed by atoms with Crippen LogP contribution in [0.4, 0.5) is 0 Å². The van der Waals surface area contributed by atoms with E-state index in [-0.39, 0.29) is 5.91 Å². The third-order valence-electron chi connectivity index (χ3n) is 4.25. The Hall–Kier alpha value is -2.66. The van der Waals surface area contributed by atoms with Crippen LogP contribution in [0.1, 0.15) is 27.7 Å². The van der Waals surface area contributed by atoms with Crippen molar-refractivity contribution in [3.8, 4) is 17.0 Å². The average Bonchev–Trinajstić information content (AvgIpc) is 2.97. The second kappa shape index (κ2) is 7.70. The molecule has 1 aromatic heterocycles. The van der Waals surface area contributed by atoms with Gasteiger partial charge in [0.25, 0.3) is 5.91 Å². The van der Waals surface area contributed by atoms with Gasteiger partial charge in [0.1, 0.15) is 5.75 Å². The van der Waals surface area contributed by atoms with Crippen LogP contribution in [-0.4, -0.2) is 17.6 Å². The van der Waals surface area contributed by atoms with Crippen LogP contribution in [0, 0.1) is 13.8 Å². The number of aromatic nitrogens is 1. The number of amides is 1. The van der Waals surface area contributed by atoms with Crippen molar-refractivity contribution in [3.63, 3.8) is 0 Å². The number of aryl methyl sites for hydroxylation is 2. The van der Waals surface area contributed by atoms with Crippen LogP contribution in [-0.2, 0) is 6.54 Å². The molecule has 1 heterocycles. The molecule has 0 atom stereocenters. The summed E-state index contributed by atoms with van der Waals surface area (Å²) in [6.07, 6.45) is 0. The van der Waals surface area contributed by atoms with Crippen molar-refractivity contribution in [1.29, 1.82) is 0 Å². The highest BCUT2D eigenvalue weighted by atomic mass is 32.1. The number of nitrogens with zero attached hydrogens (tertiary/aromatic N) is 2.